The molecule has 3 heteroatoms. The number of benzene rings is 1. The number of hydrogen-bond acceptors (Lipinski definition) is 3. The maximum absolute atomic E-state index is 5.45. The van der Waals surface area contributed by atoms with Crippen LogP contribution in [0.2, 0.25) is 0 Å². The van der Waals surface area contributed by atoms with E-state index in [0.29, 0.717) is 0 Å². The Morgan fingerprint density at radius 3 is 2.57 bits per heavy atom. The van der Waals surface area contributed by atoms with Gasteiger partial charge in [0.05, 0.1) is 14.2 Å². The number of ether oxygens (including phenoxy) is 2. The normalized spacial score (nSPS) is 34.9. The molecule has 0 amide bonds. The zero-order valence-corrected chi connectivity index (χ0v) is 14.6. The molecule has 0 aliphatic heterocycles. The fraction of sp³-hybridized carbons (Fsp3) is 0.700. The van der Waals surface area contributed by atoms with E-state index in [4.69, 9.17) is 9.47 Å². The fourth-order valence-electron chi connectivity index (χ4n) is 5.92. The van der Waals surface area contributed by atoms with Crippen molar-refractivity contribution in [1.29, 1.82) is 0 Å². The van der Waals surface area contributed by atoms with Crippen molar-refractivity contribution >= 4 is 0 Å². The average Bonchev–Trinajstić information content (AvgIpc) is 3.27. The molecule has 4 rings (SSSR count). The maximum atomic E-state index is 5.45. The summed E-state index contributed by atoms with van der Waals surface area (Å²) in [6, 6.07) is 7.10. The summed E-state index contributed by atoms with van der Waals surface area (Å²) < 4.78 is 10.8. The molecule has 126 valence electrons. The number of fused-ring (bicyclic) bond motifs is 5. The summed E-state index contributed by atoms with van der Waals surface area (Å²) in [5.41, 5.74) is 1.32. The van der Waals surface area contributed by atoms with Crippen molar-refractivity contribution in [3.63, 3.8) is 0 Å². The molecule has 3 saturated carbocycles. The van der Waals surface area contributed by atoms with E-state index in [2.05, 4.69) is 24.1 Å². The van der Waals surface area contributed by atoms with Gasteiger partial charge in [0.15, 0.2) is 11.5 Å². The summed E-state index contributed by atoms with van der Waals surface area (Å²) in [7, 11) is 5.71. The number of hydrogen-bond donors (Lipinski definition) is 0. The molecular formula is C20H29NO2. The predicted octanol–water partition coefficient (Wildman–Crippen LogP) is 3.96. The minimum absolute atomic E-state index is 0.785. The molecule has 3 nitrogen and oxygen atoms in total. The molecule has 5 unspecified atom stereocenters. The van der Waals surface area contributed by atoms with E-state index < -0.39 is 0 Å². The van der Waals surface area contributed by atoms with E-state index in [-0.39, 0.29) is 0 Å². The quantitative estimate of drug-likeness (QED) is 0.821. The van der Waals surface area contributed by atoms with Gasteiger partial charge in [0.1, 0.15) is 0 Å². The topological polar surface area (TPSA) is 21.7 Å². The Balaban J connectivity index is 1.45. The lowest BCUT2D eigenvalue weighted by atomic mass is 9.78. The third-order valence-corrected chi connectivity index (χ3v) is 6.84. The Labute approximate surface area is 140 Å². The molecule has 1 aromatic rings. The summed E-state index contributed by atoms with van der Waals surface area (Å²) in [5, 5.41) is 0. The molecule has 1 aromatic carbocycles. The van der Waals surface area contributed by atoms with Gasteiger partial charge in [-0.05, 0) is 74.1 Å². The van der Waals surface area contributed by atoms with Crippen molar-refractivity contribution in [2.45, 2.75) is 44.7 Å². The van der Waals surface area contributed by atoms with Crippen LogP contribution in [0.3, 0.4) is 0 Å². The number of nitrogens with zero attached hydrogens (tertiary/aromatic N) is 1. The van der Waals surface area contributed by atoms with Crippen LogP contribution in [0.25, 0.3) is 0 Å². The van der Waals surface area contributed by atoms with Crippen LogP contribution in [0.4, 0.5) is 0 Å². The monoisotopic (exact) mass is 315 g/mol. The Kier molecular flexibility index (Phi) is 4.00. The first kappa shape index (κ1) is 15.3. The smallest absolute Gasteiger partial charge is 0.161 e. The summed E-state index contributed by atoms with van der Waals surface area (Å²) in [5.74, 6) is 5.73. The van der Waals surface area contributed by atoms with Gasteiger partial charge in [0.2, 0.25) is 0 Å². The number of rotatable bonds is 5. The van der Waals surface area contributed by atoms with Crippen LogP contribution in [0.1, 0.15) is 37.7 Å². The summed E-state index contributed by atoms with van der Waals surface area (Å²) in [6.07, 6.45) is 7.41. The SMILES string of the molecule is COc1ccc(CN(C)C2CC3CC2C2CCCC32)cc1OC. The van der Waals surface area contributed by atoms with Crippen LogP contribution >= 0.6 is 0 Å². The van der Waals surface area contributed by atoms with Gasteiger partial charge in [-0.3, -0.25) is 4.90 Å². The zero-order valence-electron chi connectivity index (χ0n) is 14.6. The third-order valence-electron chi connectivity index (χ3n) is 6.84. The first-order valence-corrected chi connectivity index (χ1v) is 9.12. The van der Waals surface area contributed by atoms with Crippen molar-refractivity contribution in [1.82, 2.24) is 4.90 Å². The lowest BCUT2D eigenvalue weighted by Gasteiger charge is -2.37. The first-order chi connectivity index (χ1) is 11.2. The molecular weight excluding hydrogens is 286 g/mol. The molecule has 2 bridgehead atoms. The number of methoxy groups -OCH3 is 2. The minimum atomic E-state index is 0.785. The van der Waals surface area contributed by atoms with Gasteiger partial charge in [-0.1, -0.05) is 12.5 Å². The van der Waals surface area contributed by atoms with Gasteiger partial charge in [-0.2, -0.15) is 0 Å². The van der Waals surface area contributed by atoms with E-state index in [0.717, 1.165) is 47.8 Å². The molecule has 3 aliphatic carbocycles. The van der Waals surface area contributed by atoms with E-state index in [9.17, 15) is 0 Å². The van der Waals surface area contributed by atoms with E-state index >= 15 is 0 Å². The van der Waals surface area contributed by atoms with Crippen LogP contribution in [0, 0.1) is 23.7 Å². The van der Waals surface area contributed by atoms with Gasteiger partial charge in [0.25, 0.3) is 0 Å². The minimum Gasteiger partial charge on any atom is -0.493 e. The van der Waals surface area contributed by atoms with Gasteiger partial charge in [-0.15, -0.1) is 0 Å². The van der Waals surface area contributed by atoms with Crippen molar-refractivity contribution in [3.8, 4) is 11.5 Å². The highest BCUT2D eigenvalue weighted by atomic mass is 16.5. The molecule has 23 heavy (non-hydrogen) atoms. The van der Waals surface area contributed by atoms with Crippen LogP contribution in [0.5, 0.6) is 11.5 Å². The highest BCUT2D eigenvalue weighted by molar-refractivity contribution is 5.42. The lowest BCUT2D eigenvalue weighted by Crippen LogP contribution is -2.40. The molecule has 0 radical (unpaired) electrons. The Hall–Kier alpha value is -1.22. The second-order valence-electron chi connectivity index (χ2n) is 7.83. The van der Waals surface area contributed by atoms with Gasteiger partial charge >= 0.3 is 0 Å². The highest BCUT2D eigenvalue weighted by Gasteiger charge is 2.54. The second-order valence-corrected chi connectivity index (χ2v) is 7.83. The van der Waals surface area contributed by atoms with E-state index in [1.54, 1.807) is 14.2 Å². The summed E-state index contributed by atoms with van der Waals surface area (Å²) in [6.45, 7) is 1.01. The van der Waals surface area contributed by atoms with Crippen LogP contribution < -0.4 is 9.47 Å². The standard InChI is InChI=1S/C20H29NO2/c1-21(12-13-7-8-19(22-2)20(9-13)23-3)18-11-14-10-17(18)16-6-4-5-15(14)16/h7-9,14-18H,4-6,10-12H2,1-3H3. The molecule has 0 spiro atoms. The summed E-state index contributed by atoms with van der Waals surface area (Å²) in [4.78, 5) is 2.60. The van der Waals surface area contributed by atoms with Gasteiger partial charge in [-0.25, -0.2) is 0 Å². The van der Waals surface area contributed by atoms with Gasteiger partial charge in [0, 0.05) is 12.6 Å². The van der Waals surface area contributed by atoms with Crippen LogP contribution in [-0.4, -0.2) is 32.2 Å². The molecule has 3 fully saturated rings. The van der Waals surface area contributed by atoms with E-state index in [1.165, 1.54) is 37.7 Å². The van der Waals surface area contributed by atoms with Gasteiger partial charge < -0.3 is 9.47 Å². The van der Waals surface area contributed by atoms with Crippen molar-refractivity contribution in [2.24, 2.45) is 23.7 Å². The largest absolute Gasteiger partial charge is 0.493 e. The molecule has 0 N–H and O–H groups in total. The molecule has 5 atom stereocenters. The lowest BCUT2D eigenvalue weighted by molar-refractivity contribution is 0.111. The summed E-state index contributed by atoms with van der Waals surface area (Å²) >= 11 is 0. The Bertz CT molecular complexity index is 573. The van der Waals surface area contributed by atoms with Crippen molar-refractivity contribution < 1.29 is 9.47 Å². The van der Waals surface area contributed by atoms with Crippen molar-refractivity contribution in [2.75, 3.05) is 21.3 Å². The first-order valence-electron chi connectivity index (χ1n) is 9.12. The maximum Gasteiger partial charge on any atom is 0.161 e. The highest BCUT2D eigenvalue weighted by Crippen LogP contribution is 2.59. The zero-order chi connectivity index (χ0) is 16.0. The molecule has 3 aliphatic rings. The third kappa shape index (κ3) is 2.53. The Morgan fingerprint density at radius 2 is 1.78 bits per heavy atom. The molecule has 0 heterocycles. The van der Waals surface area contributed by atoms with E-state index in [1.807, 2.05) is 6.07 Å². The van der Waals surface area contributed by atoms with Crippen LogP contribution in [0.15, 0.2) is 18.2 Å². The average molecular weight is 315 g/mol. The van der Waals surface area contributed by atoms with Crippen LogP contribution in [-0.2, 0) is 6.54 Å². The molecule has 0 saturated heterocycles. The Morgan fingerprint density at radius 1 is 1.00 bits per heavy atom. The predicted molar refractivity (Wildman–Crippen MR) is 91.8 cm³/mol. The fourth-order valence-corrected chi connectivity index (χ4v) is 5.92. The van der Waals surface area contributed by atoms with Crippen molar-refractivity contribution in [3.05, 3.63) is 23.8 Å². The molecule has 0 aromatic heterocycles. The second kappa shape index (κ2) is 6.01.